The van der Waals surface area contributed by atoms with E-state index in [2.05, 4.69) is 158 Å². The highest BCUT2D eigenvalue weighted by atomic mass is 14.2. The zero-order chi connectivity index (χ0) is 28.1. The molecule has 42 heavy (non-hydrogen) atoms. The van der Waals surface area contributed by atoms with Crippen LogP contribution in [0.3, 0.4) is 0 Å². The molecular weight excluding hydrogens is 504 g/mol. The first-order chi connectivity index (χ1) is 20.8. The van der Waals surface area contributed by atoms with Gasteiger partial charge in [0.1, 0.15) is 0 Å². The summed E-state index contributed by atoms with van der Waals surface area (Å²) < 4.78 is 0. The van der Waals surface area contributed by atoms with Gasteiger partial charge in [0.15, 0.2) is 0 Å². The van der Waals surface area contributed by atoms with Crippen LogP contribution in [0.2, 0.25) is 0 Å². The predicted molar refractivity (Wildman–Crippen MR) is 183 cm³/mol. The first-order valence-electron chi connectivity index (χ1n) is 15.1. The fourth-order valence-corrected chi connectivity index (χ4v) is 6.37. The van der Waals surface area contributed by atoms with Crippen molar-refractivity contribution in [3.63, 3.8) is 0 Å². The van der Waals surface area contributed by atoms with Gasteiger partial charge in [0.05, 0.1) is 0 Å². The van der Waals surface area contributed by atoms with Crippen molar-refractivity contribution in [1.82, 2.24) is 0 Å². The molecule has 0 amide bonds. The molecule has 0 saturated carbocycles. The third kappa shape index (κ3) is 5.37. The van der Waals surface area contributed by atoms with Gasteiger partial charge in [0.2, 0.25) is 0 Å². The molecule has 0 aliphatic heterocycles. The van der Waals surface area contributed by atoms with E-state index in [9.17, 15) is 0 Å². The number of hydrogen-bond donors (Lipinski definition) is 0. The zero-order valence-electron chi connectivity index (χ0n) is 23.8. The summed E-state index contributed by atoms with van der Waals surface area (Å²) in [4.78, 5) is 0. The second-order valence-corrected chi connectivity index (χ2v) is 11.2. The number of benzene rings is 8. The van der Waals surface area contributed by atoms with Crippen molar-refractivity contribution in [1.29, 1.82) is 0 Å². The Kier molecular flexibility index (Phi) is 7.36. The lowest BCUT2D eigenvalue weighted by Crippen LogP contribution is -2.02. The largest absolute Gasteiger partial charge is 0.0616 e. The summed E-state index contributed by atoms with van der Waals surface area (Å²) in [6, 6.07) is 56.1. The molecule has 0 spiro atoms. The van der Waals surface area contributed by atoms with Gasteiger partial charge >= 0.3 is 0 Å². The summed E-state index contributed by atoms with van der Waals surface area (Å²) in [5.74, 6) is 0. The van der Waals surface area contributed by atoms with Crippen LogP contribution in [0.4, 0.5) is 0 Å². The Morgan fingerprint density at radius 1 is 0.286 bits per heavy atom. The minimum Gasteiger partial charge on any atom is -0.0616 e. The highest BCUT2D eigenvalue weighted by Crippen LogP contribution is 2.29. The van der Waals surface area contributed by atoms with Gasteiger partial charge in [-0.25, -0.2) is 0 Å². The fourth-order valence-electron chi connectivity index (χ4n) is 6.37. The molecule has 0 nitrogen and oxygen atoms in total. The Hall–Kier alpha value is -4.94. The topological polar surface area (TPSA) is 0 Å². The van der Waals surface area contributed by atoms with Crippen molar-refractivity contribution >= 4 is 53.9 Å². The molecule has 9 rings (SSSR count). The Morgan fingerprint density at radius 2 is 0.643 bits per heavy atom. The summed E-state index contributed by atoms with van der Waals surface area (Å²) in [5.41, 5.74) is 3.18. The van der Waals surface area contributed by atoms with Crippen LogP contribution in [-0.4, -0.2) is 0 Å². The van der Waals surface area contributed by atoms with Crippen molar-refractivity contribution in [2.75, 3.05) is 0 Å². The summed E-state index contributed by atoms with van der Waals surface area (Å²) in [6.07, 6.45) is 5.28. The lowest BCUT2D eigenvalue weighted by atomic mass is 9.88. The molecule has 0 N–H and O–H groups in total. The van der Waals surface area contributed by atoms with Gasteiger partial charge in [0.25, 0.3) is 0 Å². The Morgan fingerprint density at radius 3 is 1.14 bits per heavy atom. The van der Waals surface area contributed by atoms with Crippen molar-refractivity contribution in [2.24, 2.45) is 0 Å². The number of aryl methyl sites for hydroxylation is 2. The lowest BCUT2D eigenvalue weighted by Gasteiger charge is -2.17. The van der Waals surface area contributed by atoms with Gasteiger partial charge in [-0.1, -0.05) is 146 Å². The Balaban J connectivity index is 0.000000103. The molecule has 0 aromatic heterocycles. The van der Waals surface area contributed by atoms with Crippen LogP contribution in [-0.2, 0) is 12.8 Å². The monoisotopic (exact) mass is 538 g/mol. The molecule has 0 unspecified atom stereocenters. The van der Waals surface area contributed by atoms with E-state index in [1.54, 1.807) is 11.1 Å². The van der Waals surface area contributed by atoms with Crippen LogP contribution in [0.1, 0.15) is 24.0 Å². The molecule has 0 fully saturated rings. The Labute approximate surface area is 247 Å². The molecule has 8 aromatic carbocycles. The zero-order valence-corrected chi connectivity index (χ0v) is 23.8. The number of rotatable bonds is 0. The van der Waals surface area contributed by atoms with Crippen LogP contribution < -0.4 is 0 Å². The Bertz CT molecular complexity index is 1970. The highest BCUT2D eigenvalue weighted by molar-refractivity contribution is 6.07. The average molecular weight is 539 g/mol. The maximum atomic E-state index is 2.32. The summed E-state index contributed by atoms with van der Waals surface area (Å²) in [7, 11) is 0. The molecule has 0 bridgehead atoms. The van der Waals surface area contributed by atoms with E-state index in [1.807, 2.05) is 0 Å². The first kappa shape index (κ1) is 26.0. The summed E-state index contributed by atoms with van der Waals surface area (Å²) in [6.45, 7) is 0. The van der Waals surface area contributed by atoms with E-state index in [4.69, 9.17) is 0 Å². The van der Waals surface area contributed by atoms with Crippen LogP contribution in [0, 0.1) is 0 Å². The van der Waals surface area contributed by atoms with Crippen molar-refractivity contribution in [2.45, 2.75) is 25.7 Å². The maximum Gasteiger partial charge on any atom is -0.0105 e. The van der Waals surface area contributed by atoms with Crippen molar-refractivity contribution in [3.8, 4) is 0 Å². The minimum absolute atomic E-state index is 1.27. The van der Waals surface area contributed by atoms with E-state index in [0.717, 1.165) is 0 Å². The van der Waals surface area contributed by atoms with E-state index in [-0.39, 0.29) is 0 Å². The molecule has 0 heterocycles. The summed E-state index contributed by atoms with van der Waals surface area (Å²) in [5, 5.41) is 13.4. The quantitative estimate of drug-likeness (QED) is 0.133. The SMILES string of the molecule is c1ccc2c(c1)ccc1ccccc12.c1ccc2c3c(ccc2c1)CCCC3.c1ccc2cc3ccccc3cc2c1. The number of hydrogen-bond acceptors (Lipinski definition) is 0. The lowest BCUT2D eigenvalue weighted by molar-refractivity contribution is 0.690. The molecule has 202 valence electrons. The molecule has 0 saturated heterocycles. The van der Waals surface area contributed by atoms with Gasteiger partial charge in [-0.3, -0.25) is 0 Å². The van der Waals surface area contributed by atoms with E-state index < -0.39 is 0 Å². The van der Waals surface area contributed by atoms with Gasteiger partial charge in [-0.05, 0) is 103 Å². The number of fused-ring (bicyclic) bond motifs is 8. The van der Waals surface area contributed by atoms with Gasteiger partial charge in [-0.15, -0.1) is 0 Å². The molecule has 8 aromatic rings. The predicted octanol–water partition coefficient (Wildman–Crippen LogP) is 11.7. The fraction of sp³-hybridized carbons (Fsp3) is 0.0952. The smallest absolute Gasteiger partial charge is 0.0105 e. The van der Waals surface area contributed by atoms with Gasteiger partial charge in [0, 0.05) is 0 Å². The van der Waals surface area contributed by atoms with Gasteiger partial charge in [-0.2, -0.15) is 0 Å². The molecule has 0 heteroatoms. The van der Waals surface area contributed by atoms with Crippen LogP contribution >= 0.6 is 0 Å². The molecule has 1 aliphatic carbocycles. The van der Waals surface area contributed by atoms with E-state index >= 15 is 0 Å². The molecule has 1 aliphatic rings. The second kappa shape index (κ2) is 11.9. The molecular formula is C42H34. The van der Waals surface area contributed by atoms with Crippen molar-refractivity contribution < 1.29 is 0 Å². The van der Waals surface area contributed by atoms with Gasteiger partial charge < -0.3 is 0 Å². The first-order valence-corrected chi connectivity index (χ1v) is 15.1. The van der Waals surface area contributed by atoms with E-state index in [1.165, 1.54) is 79.5 Å². The van der Waals surface area contributed by atoms with E-state index in [0.29, 0.717) is 0 Å². The van der Waals surface area contributed by atoms with Crippen molar-refractivity contribution in [3.05, 3.63) is 169 Å². The third-order valence-corrected chi connectivity index (χ3v) is 8.53. The highest BCUT2D eigenvalue weighted by Gasteiger charge is 2.11. The normalized spacial score (nSPS) is 12.4. The second-order valence-electron chi connectivity index (χ2n) is 11.2. The molecule has 0 atom stereocenters. The summed E-state index contributed by atoms with van der Waals surface area (Å²) >= 11 is 0. The minimum atomic E-state index is 1.27. The van der Waals surface area contributed by atoms with Crippen LogP contribution in [0.15, 0.2) is 158 Å². The third-order valence-electron chi connectivity index (χ3n) is 8.53. The van der Waals surface area contributed by atoms with Crippen LogP contribution in [0.25, 0.3) is 53.9 Å². The maximum absolute atomic E-state index is 2.32. The standard InChI is InChI=1S/C14H14.2C14H10/c2*1-3-7-13-11(5-1)9-10-12-6-2-4-8-14(12)13;1-2-6-12-10-14-8-4-3-7-13(14)9-11(12)5-1/h1,3,5,7,9-10H,2,4,6,8H2;2*1-10H. The molecule has 0 radical (unpaired) electrons. The average Bonchev–Trinajstić information content (AvgIpc) is 3.08. The van der Waals surface area contributed by atoms with Crippen LogP contribution in [0.5, 0.6) is 0 Å².